The highest BCUT2D eigenvalue weighted by Gasteiger charge is 2.13. The van der Waals surface area contributed by atoms with E-state index in [0.29, 0.717) is 34.4 Å². The predicted molar refractivity (Wildman–Crippen MR) is 112 cm³/mol. The van der Waals surface area contributed by atoms with E-state index >= 15 is 0 Å². The molecule has 0 fully saturated rings. The first-order valence-electron chi connectivity index (χ1n) is 8.97. The Labute approximate surface area is 170 Å². The summed E-state index contributed by atoms with van der Waals surface area (Å²) in [6.45, 7) is 8.01. The maximum absolute atomic E-state index is 12.5. The molecule has 0 bridgehead atoms. The van der Waals surface area contributed by atoms with E-state index in [1.54, 1.807) is 43.3 Å². The monoisotopic (exact) mass is 398 g/mol. The fraction of sp³-hybridized carbons (Fsp3) is 0.273. The highest BCUT2D eigenvalue weighted by atomic mass is 35.5. The van der Waals surface area contributed by atoms with Crippen LogP contribution in [0.4, 0.5) is 5.69 Å². The van der Waals surface area contributed by atoms with Gasteiger partial charge in [0.05, 0.1) is 12.7 Å². The Hall–Kier alpha value is -2.97. The van der Waals surface area contributed by atoms with Gasteiger partial charge in [0.25, 0.3) is 5.91 Å². The number of amides is 1. The van der Waals surface area contributed by atoms with Gasteiger partial charge in [0.2, 0.25) is 0 Å². The highest BCUT2D eigenvalue weighted by molar-refractivity contribution is 6.31. The van der Waals surface area contributed by atoms with Gasteiger partial charge in [0.15, 0.2) is 11.5 Å². The molecule has 0 spiro atoms. The summed E-state index contributed by atoms with van der Waals surface area (Å²) >= 11 is 6.08. The first-order chi connectivity index (χ1) is 13.3. The average Bonchev–Trinajstić information content (AvgIpc) is 2.65. The molecule has 0 aliphatic rings. The van der Waals surface area contributed by atoms with Crippen molar-refractivity contribution in [2.75, 3.05) is 11.9 Å². The van der Waals surface area contributed by atoms with Crippen LogP contribution >= 0.6 is 11.6 Å². The lowest BCUT2D eigenvalue weighted by molar-refractivity contribution is -0.112. The second kappa shape index (κ2) is 9.82. The minimum absolute atomic E-state index is 0.00183. The van der Waals surface area contributed by atoms with Crippen molar-refractivity contribution in [3.8, 4) is 17.6 Å². The predicted octanol–water partition coefficient (Wildman–Crippen LogP) is 5.38. The van der Waals surface area contributed by atoms with Crippen molar-refractivity contribution in [2.45, 2.75) is 33.8 Å². The number of hydrogen-bond donors (Lipinski definition) is 1. The van der Waals surface area contributed by atoms with Crippen molar-refractivity contribution in [2.24, 2.45) is 0 Å². The Morgan fingerprint density at radius 2 is 2.04 bits per heavy atom. The summed E-state index contributed by atoms with van der Waals surface area (Å²) < 4.78 is 11.4. The van der Waals surface area contributed by atoms with Crippen molar-refractivity contribution in [1.82, 2.24) is 0 Å². The minimum Gasteiger partial charge on any atom is -0.490 e. The molecule has 1 amide bonds. The van der Waals surface area contributed by atoms with Crippen LogP contribution in [-0.4, -0.2) is 18.6 Å². The average molecular weight is 399 g/mol. The number of hydrogen-bond acceptors (Lipinski definition) is 4. The van der Waals surface area contributed by atoms with E-state index in [4.69, 9.17) is 21.1 Å². The molecule has 1 N–H and O–H groups in total. The second-order valence-corrected chi connectivity index (χ2v) is 6.75. The molecule has 2 aromatic carbocycles. The van der Waals surface area contributed by atoms with Gasteiger partial charge < -0.3 is 14.8 Å². The Morgan fingerprint density at radius 1 is 1.29 bits per heavy atom. The van der Waals surface area contributed by atoms with Gasteiger partial charge in [-0.15, -0.1) is 0 Å². The number of nitriles is 1. The number of carbonyl (C=O) groups excluding carboxylic acids is 1. The number of benzene rings is 2. The summed E-state index contributed by atoms with van der Waals surface area (Å²) in [7, 11) is 0. The zero-order valence-corrected chi connectivity index (χ0v) is 17.1. The van der Waals surface area contributed by atoms with Crippen LogP contribution in [0, 0.1) is 18.3 Å². The first kappa shape index (κ1) is 21.3. The summed E-state index contributed by atoms with van der Waals surface area (Å²) in [5, 5.41) is 12.7. The number of ether oxygens (including phenoxy) is 2. The Bertz CT molecular complexity index is 930. The van der Waals surface area contributed by atoms with Gasteiger partial charge in [-0.2, -0.15) is 5.26 Å². The SMILES string of the molecule is CCOc1cc(/C=C(\C#N)C(=O)Nc2cccc(Cl)c2C)ccc1OC(C)C. The molecule has 0 saturated heterocycles. The van der Waals surface area contributed by atoms with Crippen LogP contribution in [0.15, 0.2) is 42.0 Å². The molecule has 2 rings (SSSR count). The third-order valence-electron chi connectivity index (χ3n) is 3.82. The topological polar surface area (TPSA) is 71.3 Å². The van der Waals surface area contributed by atoms with Crippen LogP contribution in [0.25, 0.3) is 6.08 Å². The lowest BCUT2D eigenvalue weighted by Crippen LogP contribution is -2.14. The number of anilines is 1. The molecule has 0 aliphatic heterocycles. The number of nitrogens with zero attached hydrogens (tertiary/aromatic N) is 1. The summed E-state index contributed by atoms with van der Waals surface area (Å²) in [5.41, 5.74) is 1.94. The molecule has 0 aliphatic carbocycles. The lowest BCUT2D eigenvalue weighted by Gasteiger charge is -2.15. The first-order valence-corrected chi connectivity index (χ1v) is 9.35. The normalized spacial score (nSPS) is 11.1. The quantitative estimate of drug-likeness (QED) is 0.502. The van der Waals surface area contributed by atoms with E-state index in [0.717, 1.165) is 5.56 Å². The van der Waals surface area contributed by atoms with Crippen molar-refractivity contribution in [3.63, 3.8) is 0 Å². The fourth-order valence-electron chi connectivity index (χ4n) is 2.48. The zero-order chi connectivity index (χ0) is 20.7. The van der Waals surface area contributed by atoms with Gasteiger partial charge in [-0.05, 0) is 69.2 Å². The van der Waals surface area contributed by atoms with Crippen molar-refractivity contribution in [3.05, 3.63) is 58.1 Å². The molecule has 0 heterocycles. The van der Waals surface area contributed by atoms with Gasteiger partial charge in [0, 0.05) is 10.7 Å². The van der Waals surface area contributed by atoms with E-state index < -0.39 is 5.91 Å². The van der Waals surface area contributed by atoms with E-state index in [-0.39, 0.29) is 11.7 Å². The van der Waals surface area contributed by atoms with Crippen LogP contribution in [0.5, 0.6) is 11.5 Å². The molecule has 0 radical (unpaired) electrons. The molecule has 0 saturated carbocycles. The van der Waals surface area contributed by atoms with Crippen molar-refractivity contribution in [1.29, 1.82) is 5.26 Å². The van der Waals surface area contributed by atoms with E-state index in [9.17, 15) is 10.1 Å². The van der Waals surface area contributed by atoms with Gasteiger partial charge in [0.1, 0.15) is 11.6 Å². The maximum atomic E-state index is 12.5. The van der Waals surface area contributed by atoms with Crippen molar-refractivity contribution >= 4 is 29.3 Å². The lowest BCUT2D eigenvalue weighted by atomic mass is 10.1. The van der Waals surface area contributed by atoms with Gasteiger partial charge >= 0.3 is 0 Å². The fourth-order valence-corrected chi connectivity index (χ4v) is 2.66. The highest BCUT2D eigenvalue weighted by Crippen LogP contribution is 2.30. The summed E-state index contributed by atoms with van der Waals surface area (Å²) in [6, 6.07) is 12.4. The third kappa shape index (κ3) is 5.51. The second-order valence-electron chi connectivity index (χ2n) is 6.34. The molecule has 0 atom stereocenters. The van der Waals surface area contributed by atoms with Gasteiger partial charge in [-0.3, -0.25) is 4.79 Å². The molecule has 5 nitrogen and oxygen atoms in total. The van der Waals surface area contributed by atoms with Crippen LogP contribution in [-0.2, 0) is 4.79 Å². The Balaban J connectivity index is 2.30. The molecule has 28 heavy (non-hydrogen) atoms. The minimum atomic E-state index is -0.506. The van der Waals surface area contributed by atoms with Crippen LogP contribution in [0.3, 0.4) is 0 Å². The Morgan fingerprint density at radius 3 is 2.68 bits per heavy atom. The smallest absolute Gasteiger partial charge is 0.266 e. The standard InChI is InChI=1S/C22H23ClN2O3/c1-5-27-21-12-16(9-10-20(21)28-14(2)3)11-17(13-24)22(26)25-19-8-6-7-18(23)15(19)4/h6-12,14H,5H2,1-4H3,(H,25,26)/b17-11+. The largest absolute Gasteiger partial charge is 0.490 e. The molecule has 146 valence electrons. The molecule has 0 unspecified atom stereocenters. The van der Waals surface area contributed by atoms with E-state index in [2.05, 4.69) is 5.32 Å². The van der Waals surface area contributed by atoms with Gasteiger partial charge in [-0.1, -0.05) is 23.7 Å². The van der Waals surface area contributed by atoms with Crippen molar-refractivity contribution < 1.29 is 14.3 Å². The van der Waals surface area contributed by atoms with Crippen LogP contribution in [0.1, 0.15) is 31.9 Å². The molecular formula is C22H23ClN2O3. The van der Waals surface area contributed by atoms with E-state index in [1.165, 1.54) is 6.08 Å². The molecule has 6 heteroatoms. The number of carbonyl (C=O) groups is 1. The summed E-state index contributed by atoms with van der Waals surface area (Å²) in [6.07, 6.45) is 1.51. The van der Waals surface area contributed by atoms with Gasteiger partial charge in [-0.25, -0.2) is 0 Å². The third-order valence-corrected chi connectivity index (χ3v) is 4.23. The summed E-state index contributed by atoms with van der Waals surface area (Å²) in [4.78, 5) is 12.5. The summed E-state index contributed by atoms with van der Waals surface area (Å²) in [5.74, 6) is 0.674. The molecule has 0 aromatic heterocycles. The number of halogens is 1. The van der Waals surface area contributed by atoms with E-state index in [1.807, 2.05) is 26.8 Å². The van der Waals surface area contributed by atoms with Crippen LogP contribution < -0.4 is 14.8 Å². The number of rotatable bonds is 7. The number of nitrogens with one attached hydrogen (secondary N) is 1. The molecular weight excluding hydrogens is 376 g/mol. The molecule has 2 aromatic rings. The Kier molecular flexibility index (Phi) is 7.48. The maximum Gasteiger partial charge on any atom is 0.266 e. The van der Waals surface area contributed by atoms with Crippen LogP contribution in [0.2, 0.25) is 5.02 Å². The zero-order valence-electron chi connectivity index (χ0n) is 16.4.